The number of ether oxygens (including phenoxy) is 1. The first-order valence-electron chi connectivity index (χ1n) is 11.0. The van der Waals surface area contributed by atoms with E-state index in [1.807, 2.05) is 11.3 Å². The van der Waals surface area contributed by atoms with E-state index in [-0.39, 0.29) is 16.9 Å². The quantitative estimate of drug-likeness (QED) is 0.392. The summed E-state index contributed by atoms with van der Waals surface area (Å²) in [5, 5.41) is 9.38. The van der Waals surface area contributed by atoms with Crippen molar-refractivity contribution in [2.24, 2.45) is 5.92 Å². The van der Waals surface area contributed by atoms with Crippen molar-refractivity contribution in [3.05, 3.63) is 54.1 Å². The summed E-state index contributed by atoms with van der Waals surface area (Å²) in [5.74, 6) is 1.31. The van der Waals surface area contributed by atoms with Crippen LogP contribution >= 0.6 is 12.2 Å². The third-order valence-electron chi connectivity index (χ3n) is 6.48. The Balaban J connectivity index is 1.62. The summed E-state index contributed by atoms with van der Waals surface area (Å²) in [6.07, 6.45) is 5.84. The summed E-state index contributed by atoms with van der Waals surface area (Å²) in [6.45, 7) is 5.88. The number of hydrogen-bond acceptors (Lipinski definition) is 7. The van der Waals surface area contributed by atoms with Gasteiger partial charge in [0.05, 0.1) is 16.6 Å². The van der Waals surface area contributed by atoms with Crippen LogP contribution in [0.25, 0.3) is 16.8 Å². The molecule has 1 fully saturated rings. The Morgan fingerprint density at radius 1 is 1.18 bits per heavy atom. The van der Waals surface area contributed by atoms with Crippen LogP contribution in [0, 0.1) is 12.8 Å². The minimum Gasteiger partial charge on any atom is -0.484 e. The lowest BCUT2D eigenvalue weighted by Crippen LogP contribution is -2.13. The van der Waals surface area contributed by atoms with Gasteiger partial charge in [-0.25, -0.2) is 17.4 Å². The molecule has 33 heavy (non-hydrogen) atoms. The molecular formula is C23H25N5O3S2. The molecule has 1 aromatic carbocycles. The van der Waals surface area contributed by atoms with E-state index in [2.05, 4.69) is 22.1 Å². The van der Waals surface area contributed by atoms with Crippen molar-refractivity contribution in [1.82, 2.24) is 23.6 Å². The summed E-state index contributed by atoms with van der Waals surface area (Å²) < 4.78 is 35.7. The molecule has 0 bridgehead atoms. The third kappa shape index (κ3) is 3.71. The zero-order valence-corrected chi connectivity index (χ0v) is 20.3. The van der Waals surface area contributed by atoms with E-state index < -0.39 is 10.0 Å². The fourth-order valence-electron chi connectivity index (χ4n) is 4.88. The summed E-state index contributed by atoms with van der Waals surface area (Å²) in [5.41, 5.74) is 2.59. The molecule has 0 spiro atoms. The Bertz CT molecular complexity index is 1460. The van der Waals surface area contributed by atoms with Gasteiger partial charge in [-0.3, -0.25) is 4.40 Å². The third-order valence-corrected chi connectivity index (χ3v) is 8.26. The van der Waals surface area contributed by atoms with Gasteiger partial charge in [-0.05, 0) is 56.1 Å². The number of hydrogen-bond donors (Lipinski definition) is 0. The molecule has 3 atom stereocenters. The number of thiocarbonyl (C=S) groups is 1. The van der Waals surface area contributed by atoms with Gasteiger partial charge in [0, 0.05) is 19.0 Å². The maximum absolute atomic E-state index is 13.3. The lowest BCUT2D eigenvalue weighted by molar-refractivity contribution is 0.194. The summed E-state index contributed by atoms with van der Waals surface area (Å²) in [4.78, 5) is 4.65. The van der Waals surface area contributed by atoms with Crippen molar-refractivity contribution in [1.29, 1.82) is 0 Å². The second-order valence-electron chi connectivity index (χ2n) is 8.63. The van der Waals surface area contributed by atoms with E-state index >= 15 is 0 Å². The summed E-state index contributed by atoms with van der Waals surface area (Å²) in [6, 6.07) is 8.56. The highest BCUT2D eigenvalue weighted by atomic mass is 32.2. The lowest BCUT2D eigenvalue weighted by atomic mass is 9.93. The predicted molar refractivity (Wildman–Crippen MR) is 129 cm³/mol. The predicted octanol–water partition coefficient (Wildman–Crippen LogP) is 4.26. The van der Waals surface area contributed by atoms with E-state index in [0.717, 1.165) is 30.7 Å². The zero-order chi connectivity index (χ0) is 23.3. The van der Waals surface area contributed by atoms with E-state index in [9.17, 15) is 8.42 Å². The van der Waals surface area contributed by atoms with Crippen molar-refractivity contribution in [3.63, 3.8) is 0 Å². The normalized spacial score (nSPS) is 21.1. The van der Waals surface area contributed by atoms with E-state index in [1.165, 1.54) is 3.97 Å². The molecule has 3 aromatic heterocycles. The van der Waals surface area contributed by atoms with Gasteiger partial charge in [0.25, 0.3) is 10.0 Å². The average Bonchev–Trinajstić information content (AvgIpc) is 3.49. The van der Waals surface area contributed by atoms with Crippen LogP contribution in [0.4, 0.5) is 0 Å². The fraction of sp³-hybridized carbons (Fsp3) is 0.391. The van der Waals surface area contributed by atoms with Crippen molar-refractivity contribution in [2.45, 2.75) is 57.0 Å². The van der Waals surface area contributed by atoms with Crippen LogP contribution in [0.2, 0.25) is 0 Å². The van der Waals surface area contributed by atoms with Gasteiger partial charge in [-0.2, -0.15) is 0 Å². The highest BCUT2D eigenvalue weighted by Gasteiger charge is 2.38. The van der Waals surface area contributed by atoms with Crippen molar-refractivity contribution in [2.75, 3.05) is 0 Å². The Morgan fingerprint density at radius 3 is 2.64 bits per heavy atom. The van der Waals surface area contributed by atoms with Crippen LogP contribution < -0.4 is 0 Å². The molecule has 8 nitrogen and oxygen atoms in total. The molecule has 0 saturated heterocycles. The molecule has 1 aliphatic carbocycles. The average molecular weight is 484 g/mol. The van der Waals surface area contributed by atoms with Crippen LogP contribution in [0.5, 0.6) is 0 Å². The Hall–Kier alpha value is -2.85. The number of aryl methyl sites for hydroxylation is 1. The largest absolute Gasteiger partial charge is 0.484 e. The van der Waals surface area contributed by atoms with Crippen molar-refractivity contribution >= 4 is 44.1 Å². The molecule has 1 aliphatic rings. The maximum Gasteiger partial charge on any atom is 0.269 e. The molecule has 0 aliphatic heterocycles. The Kier molecular flexibility index (Phi) is 5.44. The zero-order valence-electron chi connectivity index (χ0n) is 18.7. The smallest absolute Gasteiger partial charge is 0.269 e. The molecule has 3 heterocycles. The van der Waals surface area contributed by atoms with Gasteiger partial charge >= 0.3 is 0 Å². The number of fused-ring (bicyclic) bond motifs is 3. The SMILES string of the molecule is CC[C@@H]1C[C@H](OC(C)=S)C[C@@H]1c1nnc2cnc3c(ccn3S(=O)(=O)c3ccc(C)cc3)n12. The molecule has 0 radical (unpaired) electrons. The molecule has 0 amide bonds. The van der Waals surface area contributed by atoms with Gasteiger partial charge in [0.15, 0.2) is 16.3 Å². The number of benzene rings is 1. The first-order valence-corrected chi connectivity index (χ1v) is 12.8. The van der Waals surface area contributed by atoms with Crippen molar-refractivity contribution in [3.8, 4) is 0 Å². The summed E-state index contributed by atoms with van der Waals surface area (Å²) >= 11 is 5.15. The minimum absolute atomic E-state index is 0.0497. The fourth-order valence-corrected chi connectivity index (χ4v) is 6.32. The van der Waals surface area contributed by atoms with Gasteiger partial charge in [0.2, 0.25) is 0 Å². The van der Waals surface area contributed by atoms with Crippen LogP contribution in [0.3, 0.4) is 0 Å². The Labute approximate surface area is 197 Å². The molecule has 0 unspecified atom stereocenters. The second-order valence-corrected chi connectivity index (χ2v) is 11.0. The van der Waals surface area contributed by atoms with Crippen LogP contribution in [0.1, 0.15) is 50.4 Å². The highest BCUT2D eigenvalue weighted by Crippen LogP contribution is 2.42. The lowest BCUT2D eigenvalue weighted by Gasteiger charge is -2.16. The first-order chi connectivity index (χ1) is 15.8. The van der Waals surface area contributed by atoms with E-state index in [0.29, 0.717) is 27.8 Å². The monoisotopic (exact) mass is 483 g/mol. The maximum atomic E-state index is 13.3. The van der Waals surface area contributed by atoms with Crippen LogP contribution in [0.15, 0.2) is 47.6 Å². The Morgan fingerprint density at radius 2 is 1.94 bits per heavy atom. The van der Waals surface area contributed by atoms with Crippen molar-refractivity contribution < 1.29 is 13.2 Å². The number of nitrogens with zero attached hydrogens (tertiary/aromatic N) is 5. The molecule has 4 aromatic rings. The number of aromatic nitrogens is 5. The van der Waals surface area contributed by atoms with Crippen LogP contribution in [-0.2, 0) is 14.8 Å². The molecule has 1 saturated carbocycles. The first kappa shape index (κ1) is 22.0. The van der Waals surface area contributed by atoms with E-state index in [4.69, 9.17) is 17.0 Å². The standard InChI is InChI=1S/C23H25N5O3S2/c1-4-16-11-17(31-15(3)32)12-19(16)22-26-25-21-13-24-23-20(28(21)22)9-10-27(23)33(29,30)18-7-5-14(2)6-8-18/h5-10,13,16-17,19H,4,11-12H2,1-3H3/t16-,17+,19+/m1/s1. The summed E-state index contributed by atoms with van der Waals surface area (Å²) in [7, 11) is -3.79. The molecule has 172 valence electrons. The van der Waals surface area contributed by atoms with Gasteiger partial charge in [-0.1, -0.05) is 31.0 Å². The van der Waals surface area contributed by atoms with Crippen LogP contribution in [-0.4, -0.2) is 43.1 Å². The van der Waals surface area contributed by atoms with E-state index in [1.54, 1.807) is 49.6 Å². The second kappa shape index (κ2) is 8.18. The topological polar surface area (TPSA) is 91.4 Å². The molecule has 10 heteroatoms. The molecule has 5 rings (SSSR count). The molecule has 0 N–H and O–H groups in total. The van der Waals surface area contributed by atoms with Gasteiger partial charge < -0.3 is 4.74 Å². The molecular weight excluding hydrogens is 458 g/mol. The minimum atomic E-state index is -3.79. The number of rotatable bonds is 5. The van der Waals surface area contributed by atoms with Gasteiger partial charge in [0.1, 0.15) is 11.9 Å². The van der Waals surface area contributed by atoms with Gasteiger partial charge in [-0.15, -0.1) is 10.2 Å². The highest BCUT2D eigenvalue weighted by molar-refractivity contribution is 7.90.